The van der Waals surface area contributed by atoms with Crippen LogP contribution < -0.4 is 19.2 Å². The smallest absolute Gasteiger partial charge is 0.264 e. The van der Waals surface area contributed by atoms with E-state index in [1.807, 2.05) is 44.2 Å². The van der Waals surface area contributed by atoms with Crippen LogP contribution in [0.5, 0.6) is 11.5 Å². The molecule has 1 heterocycles. The number of carbonyl (C=O) groups is 1. The predicted octanol–water partition coefficient (Wildman–Crippen LogP) is 5.22. The molecule has 9 nitrogen and oxygen atoms in total. The van der Waals surface area contributed by atoms with Gasteiger partial charge in [0.2, 0.25) is 0 Å². The lowest BCUT2D eigenvalue weighted by molar-refractivity contribution is -0.119. The molecule has 0 atom stereocenters. The van der Waals surface area contributed by atoms with Crippen LogP contribution in [-0.4, -0.2) is 45.9 Å². The van der Waals surface area contributed by atoms with Crippen molar-refractivity contribution in [3.05, 3.63) is 100 Å². The van der Waals surface area contributed by atoms with Crippen LogP contribution in [0.25, 0.3) is 5.69 Å². The molecule has 0 radical (unpaired) electrons. The molecule has 0 aliphatic rings. The Kier molecular flexibility index (Phi) is 8.96. The van der Waals surface area contributed by atoms with Crippen LogP contribution in [0.2, 0.25) is 0 Å². The van der Waals surface area contributed by atoms with Crippen LogP contribution in [0.4, 0.5) is 5.69 Å². The number of aryl methyl sites for hydroxylation is 1. The van der Waals surface area contributed by atoms with Crippen molar-refractivity contribution >= 4 is 43.8 Å². The Balaban J connectivity index is 1.59. The Bertz CT molecular complexity index is 1640. The average Bonchev–Trinajstić information content (AvgIpc) is 3.24. The number of hydrogen-bond acceptors (Lipinski definition) is 6. The Morgan fingerprint density at radius 1 is 1.00 bits per heavy atom. The molecule has 0 unspecified atom stereocenters. The van der Waals surface area contributed by atoms with Gasteiger partial charge in [0.25, 0.3) is 15.9 Å². The first-order valence-electron chi connectivity index (χ1n) is 12.2. The number of nitrogens with one attached hydrogen (secondary N) is 1. The molecule has 1 aromatic heterocycles. The second kappa shape index (κ2) is 12.4. The van der Waals surface area contributed by atoms with Crippen molar-refractivity contribution in [2.45, 2.75) is 18.7 Å². The van der Waals surface area contributed by atoms with Gasteiger partial charge in [-0.2, -0.15) is 5.10 Å². The van der Waals surface area contributed by atoms with Crippen LogP contribution in [0.15, 0.2) is 93.3 Å². The number of nitrogens with zero attached hydrogens (tertiary/aromatic N) is 3. The van der Waals surface area contributed by atoms with Crippen molar-refractivity contribution in [2.24, 2.45) is 5.10 Å². The van der Waals surface area contributed by atoms with Gasteiger partial charge in [0, 0.05) is 33.2 Å². The molecule has 0 aliphatic heterocycles. The molecule has 4 rings (SSSR count). The van der Waals surface area contributed by atoms with Crippen LogP contribution in [0, 0.1) is 13.8 Å². The fraction of sp³-hybridized carbons (Fsp3) is 0.172. The quantitative estimate of drug-likeness (QED) is 0.192. The fourth-order valence-electron chi connectivity index (χ4n) is 4.26. The highest BCUT2D eigenvalue weighted by Gasteiger charge is 2.29. The highest BCUT2D eigenvalue weighted by Crippen LogP contribution is 2.35. The fourth-order valence-corrected chi connectivity index (χ4v) is 5.97. The van der Waals surface area contributed by atoms with Gasteiger partial charge in [0.05, 0.1) is 31.0 Å². The van der Waals surface area contributed by atoms with E-state index in [0.717, 1.165) is 31.4 Å². The standard InChI is InChI=1S/C29H29BrN4O5S/c1-20-16-22(21(2)34(20)24-12-10-23(30)11-13-24)18-31-32-29(35)19-33(40(36,37)26-8-6-5-7-9-26)27-15-14-25(38-3)17-28(27)39-4/h5-18H,19H2,1-4H3,(H,32,35)/b31-18-. The molecular weight excluding hydrogens is 596 g/mol. The molecule has 40 heavy (non-hydrogen) atoms. The van der Waals surface area contributed by atoms with E-state index < -0.39 is 22.5 Å². The first kappa shape index (κ1) is 28.9. The summed E-state index contributed by atoms with van der Waals surface area (Å²) in [7, 11) is -1.22. The topological polar surface area (TPSA) is 102 Å². The number of benzene rings is 3. The molecule has 1 N–H and O–H groups in total. The van der Waals surface area contributed by atoms with E-state index >= 15 is 0 Å². The van der Waals surface area contributed by atoms with Crippen molar-refractivity contribution in [1.29, 1.82) is 0 Å². The van der Waals surface area contributed by atoms with Gasteiger partial charge in [0.15, 0.2) is 0 Å². The van der Waals surface area contributed by atoms with Crippen molar-refractivity contribution in [1.82, 2.24) is 9.99 Å². The number of methoxy groups -OCH3 is 2. The Morgan fingerprint density at radius 2 is 1.70 bits per heavy atom. The number of carbonyl (C=O) groups excluding carboxylic acids is 1. The van der Waals surface area contributed by atoms with Crippen LogP contribution in [0.3, 0.4) is 0 Å². The lowest BCUT2D eigenvalue weighted by atomic mass is 10.2. The molecular formula is C29H29BrN4O5S. The van der Waals surface area contributed by atoms with Crippen molar-refractivity contribution < 1.29 is 22.7 Å². The third-order valence-corrected chi connectivity index (χ3v) is 8.52. The summed E-state index contributed by atoms with van der Waals surface area (Å²) in [5, 5.41) is 4.12. The monoisotopic (exact) mass is 624 g/mol. The molecule has 4 aromatic rings. The number of aromatic nitrogens is 1. The Hall–Kier alpha value is -4.09. The third-order valence-electron chi connectivity index (χ3n) is 6.22. The molecule has 1 amide bonds. The van der Waals surface area contributed by atoms with E-state index in [9.17, 15) is 13.2 Å². The lowest BCUT2D eigenvalue weighted by Crippen LogP contribution is -2.39. The minimum absolute atomic E-state index is 0.0320. The summed E-state index contributed by atoms with van der Waals surface area (Å²) in [6.07, 6.45) is 1.54. The first-order chi connectivity index (χ1) is 19.1. The number of rotatable bonds is 10. The van der Waals surface area contributed by atoms with E-state index in [0.29, 0.717) is 5.75 Å². The first-order valence-corrected chi connectivity index (χ1v) is 14.5. The van der Waals surface area contributed by atoms with Gasteiger partial charge in [-0.15, -0.1) is 0 Å². The molecule has 0 fully saturated rings. The van der Waals surface area contributed by atoms with E-state index in [1.54, 1.807) is 36.5 Å². The van der Waals surface area contributed by atoms with Gasteiger partial charge >= 0.3 is 0 Å². The van der Waals surface area contributed by atoms with Gasteiger partial charge in [-0.25, -0.2) is 13.8 Å². The second-order valence-electron chi connectivity index (χ2n) is 8.79. The molecule has 11 heteroatoms. The van der Waals surface area contributed by atoms with Gasteiger partial charge in [-0.1, -0.05) is 34.1 Å². The zero-order valence-corrected chi connectivity index (χ0v) is 24.9. The van der Waals surface area contributed by atoms with Crippen LogP contribution in [-0.2, 0) is 14.8 Å². The largest absolute Gasteiger partial charge is 0.497 e. The molecule has 0 saturated heterocycles. The average molecular weight is 626 g/mol. The molecule has 208 valence electrons. The summed E-state index contributed by atoms with van der Waals surface area (Å²) in [4.78, 5) is 13.1. The van der Waals surface area contributed by atoms with Crippen molar-refractivity contribution in [3.63, 3.8) is 0 Å². The number of hydrogen-bond donors (Lipinski definition) is 1. The van der Waals surface area contributed by atoms with Crippen LogP contribution in [0.1, 0.15) is 17.0 Å². The van der Waals surface area contributed by atoms with Gasteiger partial charge in [-0.05, 0) is 68.4 Å². The Morgan fingerprint density at radius 3 is 2.35 bits per heavy atom. The van der Waals surface area contributed by atoms with Crippen molar-refractivity contribution in [3.8, 4) is 17.2 Å². The summed E-state index contributed by atoms with van der Waals surface area (Å²) in [6.45, 7) is 3.41. The maximum atomic E-state index is 13.6. The summed E-state index contributed by atoms with van der Waals surface area (Å²) < 4.78 is 42.0. The normalized spacial score (nSPS) is 11.4. The Labute approximate surface area is 242 Å². The zero-order valence-electron chi connectivity index (χ0n) is 22.5. The number of anilines is 1. The molecule has 3 aromatic carbocycles. The molecule has 0 spiro atoms. The van der Waals surface area contributed by atoms with Crippen molar-refractivity contribution in [2.75, 3.05) is 25.1 Å². The van der Waals surface area contributed by atoms with E-state index in [4.69, 9.17) is 9.47 Å². The zero-order chi connectivity index (χ0) is 28.9. The minimum atomic E-state index is -4.13. The van der Waals surface area contributed by atoms with E-state index in [-0.39, 0.29) is 16.3 Å². The van der Waals surface area contributed by atoms with Gasteiger partial charge < -0.3 is 14.0 Å². The maximum Gasteiger partial charge on any atom is 0.264 e. The highest BCUT2D eigenvalue weighted by molar-refractivity contribution is 9.10. The number of halogens is 1. The third kappa shape index (κ3) is 6.21. The molecule has 0 saturated carbocycles. The van der Waals surface area contributed by atoms with E-state index in [2.05, 4.69) is 31.0 Å². The number of ether oxygens (including phenoxy) is 2. The van der Waals surface area contributed by atoms with Gasteiger partial charge in [0.1, 0.15) is 18.0 Å². The number of hydrazone groups is 1. The summed E-state index contributed by atoms with van der Waals surface area (Å²) >= 11 is 3.46. The number of amides is 1. The predicted molar refractivity (Wildman–Crippen MR) is 159 cm³/mol. The molecule has 0 bridgehead atoms. The van der Waals surface area contributed by atoms with Crippen LogP contribution >= 0.6 is 15.9 Å². The minimum Gasteiger partial charge on any atom is -0.497 e. The highest BCUT2D eigenvalue weighted by atomic mass is 79.9. The van der Waals surface area contributed by atoms with Gasteiger partial charge in [-0.3, -0.25) is 9.10 Å². The lowest BCUT2D eigenvalue weighted by Gasteiger charge is -2.25. The SMILES string of the molecule is COc1ccc(N(CC(=O)N/N=C\c2cc(C)n(-c3ccc(Br)cc3)c2C)S(=O)(=O)c2ccccc2)c(OC)c1. The summed E-state index contributed by atoms with van der Waals surface area (Å²) in [6, 6.07) is 22.5. The summed E-state index contributed by atoms with van der Waals surface area (Å²) in [5.74, 6) is 0.0818. The molecule has 0 aliphatic carbocycles. The maximum absolute atomic E-state index is 13.6. The number of sulfonamides is 1. The van der Waals surface area contributed by atoms with E-state index in [1.165, 1.54) is 32.4 Å². The second-order valence-corrected chi connectivity index (χ2v) is 11.6. The summed E-state index contributed by atoms with van der Waals surface area (Å²) in [5.41, 5.74) is 6.39.